The molecule has 0 spiro atoms. The molecule has 0 bridgehead atoms. The maximum atomic E-state index is 13.4. The van der Waals surface area contributed by atoms with E-state index in [1.807, 2.05) is 19.9 Å². The van der Waals surface area contributed by atoms with Gasteiger partial charge in [0.15, 0.2) is 11.5 Å². The average Bonchev–Trinajstić information content (AvgIpc) is 3.12. The molecular weight excluding hydrogens is 392 g/mol. The summed E-state index contributed by atoms with van der Waals surface area (Å²) in [7, 11) is 0. The fraction of sp³-hybridized carbons (Fsp3) is 0.364. The van der Waals surface area contributed by atoms with Crippen molar-refractivity contribution < 1.29 is 19.1 Å². The first kappa shape index (κ1) is 21.0. The van der Waals surface area contributed by atoms with Gasteiger partial charge in [-0.1, -0.05) is 17.7 Å². The highest BCUT2D eigenvalue weighted by Gasteiger charge is 2.27. The number of ether oxygens (including phenoxy) is 2. The fourth-order valence-corrected chi connectivity index (χ4v) is 3.46. The molecule has 0 N–H and O–H groups in total. The first-order valence-corrected chi connectivity index (χ1v) is 10.2. The zero-order valence-electron chi connectivity index (χ0n) is 16.7. The first-order chi connectivity index (χ1) is 14.0. The summed E-state index contributed by atoms with van der Waals surface area (Å²) in [5.41, 5.74) is 1.08. The Morgan fingerprint density at radius 3 is 2.52 bits per heavy atom. The van der Waals surface area contributed by atoms with Crippen LogP contribution < -0.4 is 14.4 Å². The van der Waals surface area contributed by atoms with Gasteiger partial charge in [0.2, 0.25) is 5.91 Å². The monoisotopic (exact) mass is 416 g/mol. The number of halogens is 1. The molecule has 1 aliphatic rings. The lowest BCUT2D eigenvalue weighted by Crippen LogP contribution is -2.42. The average molecular weight is 417 g/mol. The maximum absolute atomic E-state index is 13.4. The molecule has 3 rings (SSSR count). The van der Waals surface area contributed by atoms with Crippen molar-refractivity contribution in [2.45, 2.75) is 26.7 Å². The van der Waals surface area contributed by atoms with Crippen molar-refractivity contribution in [2.24, 2.45) is 0 Å². The van der Waals surface area contributed by atoms with E-state index < -0.39 is 0 Å². The molecule has 2 aromatic rings. The first-order valence-electron chi connectivity index (χ1n) is 9.78. The predicted molar refractivity (Wildman–Crippen MR) is 113 cm³/mol. The van der Waals surface area contributed by atoms with Gasteiger partial charge in [-0.2, -0.15) is 0 Å². The Labute approximate surface area is 176 Å². The van der Waals surface area contributed by atoms with Crippen LogP contribution in [0.3, 0.4) is 0 Å². The number of rotatable bonds is 8. The number of hydrogen-bond acceptors (Lipinski definition) is 4. The van der Waals surface area contributed by atoms with Crippen LogP contribution in [0.25, 0.3) is 0 Å². The molecule has 2 aromatic carbocycles. The Kier molecular flexibility index (Phi) is 6.99. The second kappa shape index (κ2) is 9.65. The zero-order valence-corrected chi connectivity index (χ0v) is 17.4. The van der Waals surface area contributed by atoms with E-state index >= 15 is 0 Å². The Bertz CT molecular complexity index is 887. The third kappa shape index (κ3) is 5.01. The molecule has 0 atom stereocenters. The molecule has 0 aliphatic carbocycles. The number of benzene rings is 2. The summed E-state index contributed by atoms with van der Waals surface area (Å²) in [6, 6.07) is 12.2. The molecular formula is C22H25ClN2O4. The van der Waals surface area contributed by atoms with Crippen molar-refractivity contribution >= 4 is 29.1 Å². The Morgan fingerprint density at radius 2 is 1.86 bits per heavy atom. The van der Waals surface area contributed by atoms with Crippen LogP contribution in [0, 0.1) is 0 Å². The Morgan fingerprint density at radius 1 is 1.10 bits per heavy atom. The molecule has 29 heavy (non-hydrogen) atoms. The predicted octanol–water partition coefficient (Wildman–Crippen LogP) is 4.36. The van der Waals surface area contributed by atoms with E-state index in [0.717, 1.165) is 6.42 Å². The summed E-state index contributed by atoms with van der Waals surface area (Å²) < 4.78 is 11.2. The van der Waals surface area contributed by atoms with Crippen LogP contribution in [-0.4, -0.2) is 43.1 Å². The van der Waals surface area contributed by atoms with Crippen LogP contribution in [0.4, 0.5) is 5.69 Å². The number of nitrogens with zero attached hydrogens (tertiary/aromatic N) is 2. The van der Waals surface area contributed by atoms with Crippen LogP contribution >= 0.6 is 11.6 Å². The van der Waals surface area contributed by atoms with Gasteiger partial charge in [-0.3, -0.25) is 14.5 Å². The molecule has 1 aliphatic heterocycles. The van der Waals surface area contributed by atoms with E-state index in [-0.39, 0.29) is 18.5 Å². The van der Waals surface area contributed by atoms with E-state index in [2.05, 4.69) is 0 Å². The van der Waals surface area contributed by atoms with Gasteiger partial charge in [-0.15, -0.1) is 0 Å². The van der Waals surface area contributed by atoms with Crippen LogP contribution in [-0.2, 0) is 4.79 Å². The number of likely N-dealkylation sites (tertiary alicyclic amines) is 1. The smallest absolute Gasteiger partial charge is 0.259 e. The molecule has 154 valence electrons. The minimum Gasteiger partial charge on any atom is -0.490 e. The third-order valence-corrected chi connectivity index (χ3v) is 4.87. The Balaban J connectivity index is 1.95. The molecule has 0 radical (unpaired) electrons. The lowest BCUT2D eigenvalue weighted by molar-refractivity contribution is -0.127. The van der Waals surface area contributed by atoms with Crippen molar-refractivity contribution in [1.29, 1.82) is 0 Å². The second-order valence-corrected chi connectivity index (χ2v) is 7.08. The summed E-state index contributed by atoms with van der Waals surface area (Å²) in [6.07, 6.45) is 1.31. The Hall–Kier alpha value is -2.73. The van der Waals surface area contributed by atoms with Gasteiger partial charge in [0.05, 0.1) is 13.2 Å². The highest BCUT2D eigenvalue weighted by atomic mass is 35.5. The summed E-state index contributed by atoms with van der Waals surface area (Å²) in [6.45, 7) is 5.53. The molecule has 1 heterocycles. The standard InChI is InChI=1S/C22H25ClN2O4/c1-3-28-19-11-10-16(13-20(19)29-4-2)22(27)25(15-24-12-6-9-21(24)26)18-8-5-7-17(23)14-18/h5,7-8,10-11,13-14H,3-4,6,9,12,15H2,1-2H3. The van der Waals surface area contributed by atoms with Crippen molar-refractivity contribution in [3.8, 4) is 11.5 Å². The third-order valence-electron chi connectivity index (χ3n) is 4.64. The van der Waals surface area contributed by atoms with Crippen LogP contribution in [0.5, 0.6) is 11.5 Å². The molecule has 0 saturated carbocycles. The highest BCUT2D eigenvalue weighted by Crippen LogP contribution is 2.30. The highest BCUT2D eigenvalue weighted by molar-refractivity contribution is 6.31. The van der Waals surface area contributed by atoms with Gasteiger partial charge in [0.25, 0.3) is 5.91 Å². The van der Waals surface area contributed by atoms with E-state index in [1.165, 1.54) is 0 Å². The van der Waals surface area contributed by atoms with Crippen molar-refractivity contribution in [2.75, 3.05) is 31.3 Å². The van der Waals surface area contributed by atoms with Crippen LogP contribution in [0.15, 0.2) is 42.5 Å². The topological polar surface area (TPSA) is 59.1 Å². The summed E-state index contributed by atoms with van der Waals surface area (Å²) >= 11 is 6.15. The lowest BCUT2D eigenvalue weighted by atomic mass is 10.1. The molecule has 6 nitrogen and oxygen atoms in total. The number of carbonyl (C=O) groups is 2. The van der Waals surface area contributed by atoms with E-state index in [9.17, 15) is 9.59 Å². The largest absolute Gasteiger partial charge is 0.490 e. The minimum atomic E-state index is -0.240. The summed E-state index contributed by atoms with van der Waals surface area (Å²) in [5.74, 6) is 0.918. The van der Waals surface area contributed by atoms with Gasteiger partial charge < -0.3 is 14.4 Å². The number of carbonyl (C=O) groups excluding carboxylic acids is 2. The normalized spacial score (nSPS) is 13.5. The molecule has 2 amide bonds. The second-order valence-electron chi connectivity index (χ2n) is 6.64. The van der Waals surface area contributed by atoms with Crippen LogP contribution in [0.2, 0.25) is 5.02 Å². The van der Waals surface area contributed by atoms with Crippen LogP contribution in [0.1, 0.15) is 37.0 Å². The van der Waals surface area contributed by atoms with Gasteiger partial charge in [0.1, 0.15) is 6.67 Å². The van der Waals surface area contributed by atoms with Gasteiger partial charge in [0, 0.05) is 29.2 Å². The number of hydrogen-bond donors (Lipinski definition) is 0. The molecule has 1 saturated heterocycles. The fourth-order valence-electron chi connectivity index (χ4n) is 3.27. The SMILES string of the molecule is CCOc1ccc(C(=O)N(CN2CCCC2=O)c2cccc(Cl)c2)cc1OCC. The van der Waals surface area contributed by atoms with Crippen molar-refractivity contribution in [3.05, 3.63) is 53.1 Å². The zero-order chi connectivity index (χ0) is 20.8. The van der Waals surface area contributed by atoms with Gasteiger partial charge in [-0.05, 0) is 56.7 Å². The quantitative estimate of drug-likeness (QED) is 0.641. The summed E-state index contributed by atoms with van der Waals surface area (Å²) in [4.78, 5) is 28.8. The van der Waals surface area contributed by atoms with Gasteiger partial charge >= 0.3 is 0 Å². The summed E-state index contributed by atoms with van der Waals surface area (Å²) in [5, 5.41) is 0.523. The maximum Gasteiger partial charge on any atom is 0.259 e. The molecule has 1 fully saturated rings. The lowest BCUT2D eigenvalue weighted by Gasteiger charge is -2.28. The van der Waals surface area contributed by atoms with Crippen molar-refractivity contribution in [1.82, 2.24) is 4.90 Å². The van der Waals surface area contributed by atoms with Crippen molar-refractivity contribution in [3.63, 3.8) is 0 Å². The van der Waals surface area contributed by atoms with E-state index in [4.69, 9.17) is 21.1 Å². The molecule has 0 unspecified atom stereocenters. The van der Waals surface area contributed by atoms with Gasteiger partial charge in [-0.25, -0.2) is 0 Å². The molecule has 0 aromatic heterocycles. The van der Waals surface area contributed by atoms with E-state index in [1.54, 1.807) is 46.2 Å². The number of anilines is 1. The molecule has 7 heteroatoms. The number of amides is 2. The van der Waals surface area contributed by atoms with E-state index in [0.29, 0.717) is 54.0 Å². The minimum absolute atomic E-state index is 0.0477.